The summed E-state index contributed by atoms with van der Waals surface area (Å²) < 4.78 is 41.1. The summed E-state index contributed by atoms with van der Waals surface area (Å²) in [7, 11) is 0. The molecule has 0 aliphatic heterocycles. The van der Waals surface area contributed by atoms with Crippen LogP contribution in [0.5, 0.6) is 5.88 Å². The third kappa shape index (κ3) is 4.40. The number of ether oxygens (including phenoxy) is 1. The van der Waals surface area contributed by atoms with Gasteiger partial charge in [-0.2, -0.15) is 13.2 Å². The molecule has 0 fully saturated rings. The Morgan fingerprint density at radius 1 is 1.65 bits per heavy atom. The van der Waals surface area contributed by atoms with E-state index in [0.29, 0.717) is 0 Å². The van der Waals surface area contributed by atoms with Gasteiger partial charge >= 0.3 is 23.7 Å². The molecule has 8 nitrogen and oxygen atoms in total. The molecule has 0 amide bonds. The van der Waals surface area contributed by atoms with Crippen LogP contribution >= 0.6 is 0 Å². The van der Waals surface area contributed by atoms with Gasteiger partial charge in [-0.1, -0.05) is 6.92 Å². The lowest BCUT2D eigenvalue weighted by Crippen LogP contribution is -2.20. The molecule has 0 saturated heterocycles. The number of nitrogens with zero attached hydrogens (tertiary/aromatic N) is 3. The molecule has 20 heavy (non-hydrogen) atoms. The Labute approximate surface area is 109 Å². The highest BCUT2D eigenvalue weighted by Crippen LogP contribution is 2.27. The van der Waals surface area contributed by atoms with Crippen molar-refractivity contribution < 1.29 is 32.7 Å². The van der Waals surface area contributed by atoms with Crippen LogP contribution in [0, 0.1) is 16.0 Å². The first-order chi connectivity index (χ1) is 9.10. The lowest BCUT2D eigenvalue weighted by atomic mass is 10.2. The first-order valence-electron chi connectivity index (χ1n) is 5.24. The fourth-order valence-electron chi connectivity index (χ4n) is 1.22. The van der Waals surface area contributed by atoms with Gasteiger partial charge in [-0.15, -0.1) is 5.10 Å². The second-order valence-electron chi connectivity index (χ2n) is 3.94. The second kappa shape index (κ2) is 5.75. The number of hydrogen-bond acceptors (Lipinski definition) is 5. The van der Waals surface area contributed by atoms with Crippen molar-refractivity contribution in [3.05, 3.63) is 16.3 Å². The first kappa shape index (κ1) is 15.7. The van der Waals surface area contributed by atoms with E-state index in [0.717, 1.165) is 10.9 Å². The van der Waals surface area contributed by atoms with E-state index in [1.807, 2.05) is 0 Å². The highest BCUT2D eigenvalue weighted by Gasteiger charge is 2.31. The largest absolute Gasteiger partial charge is 0.481 e. The molecule has 11 heteroatoms. The number of carbonyl (C=O) groups is 1. The minimum absolute atomic E-state index is 0.231. The quantitative estimate of drug-likeness (QED) is 0.629. The smallest absolute Gasteiger partial charge is 0.422 e. The van der Waals surface area contributed by atoms with E-state index in [1.54, 1.807) is 0 Å². The summed E-state index contributed by atoms with van der Waals surface area (Å²) >= 11 is 0. The van der Waals surface area contributed by atoms with E-state index in [1.165, 1.54) is 6.92 Å². The fraction of sp³-hybridized carbons (Fsp3) is 0.556. The highest BCUT2D eigenvalue weighted by atomic mass is 19.4. The van der Waals surface area contributed by atoms with E-state index < -0.39 is 41.2 Å². The molecular formula is C9H10F3N3O5. The summed E-state index contributed by atoms with van der Waals surface area (Å²) in [5, 5.41) is 22.8. The zero-order chi connectivity index (χ0) is 15.5. The predicted octanol–water partition coefficient (Wildman–Crippen LogP) is 1.45. The van der Waals surface area contributed by atoms with Crippen LogP contribution in [0.25, 0.3) is 0 Å². The Morgan fingerprint density at radius 3 is 2.70 bits per heavy atom. The number of hydrogen-bond donors (Lipinski definition) is 1. The molecule has 0 aliphatic rings. The van der Waals surface area contributed by atoms with Crippen molar-refractivity contribution >= 4 is 11.7 Å². The number of aromatic nitrogens is 2. The van der Waals surface area contributed by atoms with Crippen LogP contribution in [0.2, 0.25) is 0 Å². The molecule has 112 valence electrons. The summed E-state index contributed by atoms with van der Waals surface area (Å²) in [6.45, 7) is -0.628. The molecule has 0 spiro atoms. The molecule has 0 saturated carbocycles. The highest BCUT2D eigenvalue weighted by molar-refractivity contribution is 5.69. The Hall–Kier alpha value is -2.33. The fourth-order valence-corrected chi connectivity index (χ4v) is 1.22. The van der Waals surface area contributed by atoms with Crippen LogP contribution in [-0.4, -0.2) is 38.6 Å². The van der Waals surface area contributed by atoms with E-state index in [2.05, 4.69) is 9.84 Å². The summed E-state index contributed by atoms with van der Waals surface area (Å²) in [4.78, 5) is 20.3. The maximum absolute atomic E-state index is 12.0. The standard InChI is InChI=1S/C9H10F3N3O5/c1-5(8(16)17)2-14-3-6(15(18)19)7(13-14)20-4-9(10,11)12/h3,5H,2,4H2,1H3,(H,16,17). The van der Waals surface area contributed by atoms with Crippen LogP contribution in [0.3, 0.4) is 0 Å². The van der Waals surface area contributed by atoms with Gasteiger partial charge in [0, 0.05) is 0 Å². The number of aliphatic carboxylic acids is 1. The molecule has 0 aliphatic carbocycles. The average molecular weight is 297 g/mol. The Kier molecular flexibility index (Phi) is 4.53. The van der Waals surface area contributed by atoms with Crippen molar-refractivity contribution in [1.29, 1.82) is 0 Å². The molecule has 1 aromatic heterocycles. The topological polar surface area (TPSA) is 107 Å². The maximum Gasteiger partial charge on any atom is 0.422 e. The second-order valence-corrected chi connectivity index (χ2v) is 3.94. The van der Waals surface area contributed by atoms with Crippen LogP contribution < -0.4 is 4.74 Å². The van der Waals surface area contributed by atoms with Gasteiger partial charge in [0.2, 0.25) is 0 Å². The van der Waals surface area contributed by atoms with E-state index in [9.17, 15) is 28.1 Å². The summed E-state index contributed by atoms with van der Waals surface area (Å²) in [5.74, 6) is -2.88. The van der Waals surface area contributed by atoms with Gasteiger partial charge in [-0.05, 0) is 0 Å². The molecule has 1 atom stereocenters. The Morgan fingerprint density at radius 2 is 2.25 bits per heavy atom. The number of halogens is 3. The third-order valence-corrected chi connectivity index (χ3v) is 2.16. The first-order valence-corrected chi connectivity index (χ1v) is 5.24. The van der Waals surface area contributed by atoms with Crippen molar-refractivity contribution in [2.45, 2.75) is 19.6 Å². The summed E-state index contributed by atoms with van der Waals surface area (Å²) in [6.07, 6.45) is -3.84. The van der Waals surface area contributed by atoms with Crippen molar-refractivity contribution in [3.63, 3.8) is 0 Å². The molecule has 1 heterocycles. The minimum atomic E-state index is -4.66. The van der Waals surface area contributed by atoms with E-state index in [4.69, 9.17) is 5.11 Å². The Balaban J connectivity index is 2.90. The number of alkyl halides is 3. The van der Waals surface area contributed by atoms with Crippen molar-refractivity contribution in [3.8, 4) is 5.88 Å². The maximum atomic E-state index is 12.0. The van der Waals surface area contributed by atoms with Crippen LogP contribution in [0.4, 0.5) is 18.9 Å². The van der Waals surface area contributed by atoms with Gasteiger partial charge in [0.15, 0.2) is 6.61 Å². The number of carboxylic acids is 1. The molecule has 0 bridgehead atoms. The molecule has 1 rings (SSSR count). The summed E-state index contributed by atoms with van der Waals surface area (Å²) in [5.41, 5.74) is -0.758. The van der Waals surface area contributed by atoms with Crippen molar-refractivity contribution in [1.82, 2.24) is 9.78 Å². The van der Waals surface area contributed by atoms with Gasteiger partial charge < -0.3 is 9.84 Å². The minimum Gasteiger partial charge on any atom is -0.481 e. The number of nitro groups is 1. The molecule has 1 unspecified atom stereocenters. The predicted molar refractivity (Wildman–Crippen MR) is 57.2 cm³/mol. The molecule has 0 aromatic carbocycles. The van der Waals surface area contributed by atoms with Crippen LogP contribution in [-0.2, 0) is 11.3 Å². The monoisotopic (exact) mass is 297 g/mol. The van der Waals surface area contributed by atoms with Gasteiger partial charge in [0.05, 0.1) is 17.4 Å². The number of carboxylic acid groups (broad SMARTS) is 1. The third-order valence-electron chi connectivity index (χ3n) is 2.16. The van der Waals surface area contributed by atoms with Gasteiger partial charge in [0.1, 0.15) is 6.20 Å². The van der Waals surface area contributed by atoms with Gasteiger partial charge in [0.25, 0.3) is 0 Å². The normalized spacial score (nSPS) is 13.0. The average Bonchev–Trinajstić information content (AvgIpc) is 2.68. The lowest BCUT2D eigenvalue weighted by molar-refractivity contribution is -0.386. The zero-order valence-electron chi connectivity index (χ0n) is 10.1. The van der Waals surface area contributed by atoms with Crippen molar-refractivity contribution in [2.75, 3.05) is 6.61 Å². The van der Waals surface area contributed by atoms with Gasteiger partial charge in [-0.3, -0.25) is 19.6 Å². The van der Waals surface area contributed by atoms with Gasteiger partial charge in [-0.25, -0.2) is 0 Å². The Bertz CT molecular complexity index is 513. The number of rotatable bonds is 6. The molecule has 0 radical (unpaired) electrons. The zero-order valence-corrected chi connectivity index (χ0v) is 10.1. The van der Waals surface area contributed by atoms with E-state index in [-0.39, 0.29) is 6.54 Å². The lowest BCUT2D eigenvalue weighted by Gasteiger charge is -2.06. The van der Waals surface area contributed by atoms with Crippen LogP contribution in [0.15, 0.2) is 6.20 Å². The molecular weight excluding hydrogens is 287 g/mol. The SMILES string of the molecule is CC(Cn1cc([N+](=O)[O-])c(OCC(F)(F)F)n1)C(=O)O. The summed E-state index contributed by atoms with van der Waals surface area (Å²) in [6, 6.07) is 0. The molecule has 1 N–H and O–H groups in total. The van der Waals surface area contributed by atoms with Crippen molar-refractivity contribution in [2.24, 2.45) is 5.92 Å². The van der Waals surface area contributed by atoms with E-state index >= 15 is 0 Å². The van der Waals surface area contributed by atoms with Crippen LogP contribution in [0.1, 0.15) is 6.92 Å². The molecule has 1 aromatic rings.